The van der Waals surface area contributed by atoms with Crippen LogP contribution in [0.4, 0.5) is 10.1 Å². The minimum atomic E-state index is -0.394. The number of anilines is 1. The lowest BCUT2D eigenvalue weighted by Crippen LogP contribution is -2.13. The molecule has 0 radical (unpaired) electrons. The minimum absolute atomic E-state index is 0.167. The van der Waals surface area contributed by atoms with Gasteiger partial charge < -0.3 is 10.1 Å². The smallest absolute Gasteiger partial charge is 0.255 e. The number of para-hydroxylation sites is 1. The van der Waals surface area contributed by atoms with Crippen LogP contribution >= 0.6 is 27.5 Å². The summed E-state index contributed by atoms with van der Waals surface area (Å²) in [5.74, 6) is 0.103. The molecule has 1 N–H and O–H groups in total. The van der Waals surface area contributed by atoms with Gasteiger partial charge >= 0.3 is 0 Å². The molecule has 0 bridgehead atoms. The summed E-state index contributed by atoms with van der Waals surface area (Å²) in [7, 11) is 0. The van der Waals surface area contributed by atoms with Crippen LogP contribution in [-0.2, 0) is 13.2 Å². The second-order valence-corrected chi connectivity index (χ2v) is 9.04. The van der Waals surface area contributed by atoms with Gasteiger partial charge in [-0.25, -0.2) is 4.39 Å². The zero-order valence-corrected chi connectivity index (χ0v) is 21.0. The van der Waals surface area contributed by atoms with Crippen molar-refractivity contribution in [1.82, 2.24) is 9.78 Å². The lowest BCUT2D eigenvalue weighted by atomic mass is 10.1. The van der Waals surface area contributed by atoms with Crippen LogP contribution in [0.5, 0.6) is 5.75 Å². The number of amides is 1. The van der Waals surface area contributed by atoms with E-state index in [2.05, 4.69) is 26.3 Å². The fourth-order valence-electron chi connectivity index (χ4n) is 3.53. The first-order valence-electron chi connectivity index (χ1n) is 10.6. The summed E-state index contributed by atoms with van der Waals surface area (Å²) in [4.78, 5) is 12.9. The van der Waals surface area contributed by atoms with Crippen molar-refractivity contribution in [3.63, 3.8) is 0 Å². The van der Waals surface area contributed by atoms with Crippen LogP contribution in [0.25, 0.3) is 0 Å². The molecule has 174 valence electrons. The Bertz CT molecular complexity index is 1320. The Morgan fingerprint density at radius 1 is 1.09 bits per heavy atom. The highest BCUT2D eigenvalue weighted by atomic mass is 79.9. The van der Waals surface area contributed by atoms with E-state index in [0.29, 0.717) is 39.8 Å². The van der Waals surface area contributed by atoms with E-state index in [1.54, 1.807) is 35.9 Å². The zero-order valence-electron chi connectivity index (χ0n) is 18.6. The molecule has 1 aromatic heterocycles. The number of carbonyl (C=O) groups is 1. The van der Waals surface area contributed by atoms with Gasteiger partial charge in [-0.2, -0.15) is 5.10 Å². The van der Waals surface area contributed by atoms with E-state index in [-0.39, 0.29) is 12.5 Å². The van der Waals surface area contributed by atoms with Gasteiger partial charge in [-0.05, 0) is 71.7 Å². The maximum atomic E-state index is 14.2. The Morgan fingerprint density at radius 2 is 1.82 bits per heavy atom. The third-order valence-corrected chi connectivity index (χ3v) is 6.45. The van der Waals surface area contributed by atoms with Crippen molar-refractivity contribution in [2.45, 2.75) is 27.0 Å². The molecule has 3 aromatic carbocycles. The van der Waals surface area contributed by atoms with E-state index in [9.17, 15) is 9.18 Å². The van der Waals surface area contributed by atoms with Crippen molar-refractivity contribution in [2.75, 3.05) is 5.32 Å². The number of nitrogens with zero attached hydrogens (tertiary/aromatic N) is 2. The number of rotatable bonds is 7. The second kappa shape index (κ2) is 10.4. The van der Waals surface area contributed by atoms with E-state index in [1.807, 2.05) is 43.3 Å². The molecule has 4 aromatic rings. The number of aryl methyl sites for hydroxylation is 1. The van der Waals surface area contributed by atoms with Gasteiger partial charge in [0.05, 0.1) is 28.1 Å². The highest BCUT2D eigenvalue weighted by Crippen LogP contribution is 2.26. The molecular formula is C26H22BrClFN3O2. The average Bonchev–Trinajstić information content (AvgIpc) is 3.08. The van der Waals surface area contributed by atoms with E-state index in [4.69, 9.17) is 16.3 Å². The van der Waals surface area contributed by atoms with Gasteiger partial charge in [0, 0.05) is 16.1 Å². The molecule has 0 aliphatic heterocycles. The lowest BCUT2D eigenvalue weighted by molar-refractivity contribution is 0.102. The number of halogens is 3. The van der Waals surface area contributed by atoms with Gasteiger partial charge in [-0.3, -0.25) is 9.48 Å². The van der Waals surface area contributed by atoms with E-state index in [0.717, 1.165) is 15.8 Å². The van der Waals surface area contributed by atoms with Crippen LogP contribution in [0, 0.1) is 19.7 Å². The third kappa shape index (κ3) is 5.32. The summed E-state index contributed by atoms with van der Waals surface area (Å²) >= 11 is 9.62. The summed E-state index contributed by atoms with van der Waals surface area (Å²) in [6.07, 6.45) is 0. The Labute approximate surface area is 210 Å². The highest BCUT2D eigenvalue weighted by Gasteiger charge is 2.17. The molecule has 0 unspecified atom stereocenters. The van der Waals surface area contributed by atoms with Crippen LogP contribution in [0.15, 0.2) is 71.2 Å². The first kappa shape index (κ1) is 24.0. The third-order valence-electron chi connectivity index (χ3n) is 5.44. The van der Waals surface area contributed by atoms with E-state index in [1.165, 1.54) is 6.07 Å². The van der Waals surface area contributed by atoms with E-state index < -0.39 is 5.82 Å². The van der Waals surface area contributed by atoms with Gasteiger partial charge in [0.1, 0.15) is 18.2 Å². The number of hydrogen-bond acceptors (Lipinski definition) is 3. The quantitative estimate of drug-likeness (QED) is 0.275. The molecule has 4 rings (SSSR count). The Balaban J connectivity index is 1.44. The number of hydrogen-bond donors (Lipinski definition) is 1. The summed E-state index contributed by atoms with van der Waals surface area (Å²) in [5, 5.41) is 7.73. The Morgan fingerprint density at radius 3 is 2.53 bits per heavy atom. The highest BCUT2D eigenvalue weighted by molar-refractivity contribution is 9.10. The number of nitrogens with one attached hydrogen (secondary N) is 1. The minimum Gasteiger partial charge on any atom is -0.488 e. The zero-order chi connectivity index (χ0) is 24.2. The Kier molecular flexibility index (Phi) is 7.34. The van der Waals surface area contributed by atoms with Crippen LogP contribution in [0.3, 0.4) is 0 Å². The molecule has 1 amide bonds. The first-order valence-corrected chi connectivity index (χ1v) is 11.7. The molecule has 0 aliphatic rings. The summed E-state index contributed by atoms with van der Waals surface area (Å²) in [6, 6.07) is 19.4. The van der Waals surface area contributed by atoms with Crippen molar-refractivity contribution in [1.29, 1.82) is 0 Å². The van der Waals surface area contributed by atoms with E-state index >= 15 is 0 Å². The van der Waals surface area contributed by atoms with Crippen molar-refractivity contribution >= 4 is 39.1 Å². The van der Waals surface area contributed by atoms with Gasteiger partial charge in [0.2, 0.25) is 0 Å². The summed E-state index contributed by atoms with van der Waals surface area (Å²) < 4.78 is 22.5. The van der Waals surface area contributed by atoms with Crippen LogP contribution < -0.4 is 10.1 Å². The molecule has 0 aliphatic carbocycles. The van der Waals surface area contributed by atoms with Crippen molar-refractivity contribution in [3.05, 3.63) is 110 Å². The molecule has 34 heavy (non-hydrogen) atoms. The van der Waals surface area contributed by atoms with Gasteiger partial charge in [0.15, 0.2) is 0 Å². The number of benzene rings is 3. The van der Waals surface area contributed by atoms with Crippen LogP contribution in [0.2, 0.25) is 5.02 Å². The molecule has 0 saturated heterocycles. The molecule has 0 saturated carbocycles. The second-order valence-electron chi connectivity index (χ2n) is 7.77. The predicted octanol–water partition coefficient (Wildman–Crippen LogP) is 6.93. The molecule has 0 fully saturated rings. The summed E-state index contributed by atoms with van der Waals surface area (Å²) in [5.41, 5.74) is 3.75. The number of ether oxygens (including phenoxy) is 1. The average molecular weight is 543 g/mol. The SMILES string of the molecule is Cc1nn(Cc2c(F)cccc2Cl)c(C)c1NC(=O)c1ccc(COc2ccccc2Br)cc1. The van der Waals surface area contributed by atoms with Crippen molar-refractivity contribution in [2.24, 2.45) is 0 Å². The first-order chi connectivity index (χ1) is 16.3. The van der Waals surface area contributed by atoms with Crippen molar-refractivity contribution < 1.29 is 13.9 Å². The maximum Gasteiger partial charge on any atom is 0.255 e. The van der Waals surface area contributed by atoms with Gasteiger partial charge in [-0.1, -0.05) is 41.9 Å². The number of aromatic nitrogens is 2. The fourth-order valence-corrected chi connectivity index (χ4v) is 4.15. The normalized spacial score (nSPS) is 10.9. The molecule has 0 atom stereocenters. The topological polar surface area (TPSA) is 56.2 Å². The predicted molar refractivity (Wildman–Crippen MR) is 135 cm³/mol. The standard InChI is InChI=1S/C26H22BrClFN3O2/c1-16-25(17(2)32(31-16)14-20-22(28)7-5-8-23(20)29)30-26(33)19-12-10-18(11-13-19)15-34-24-9-4-3-6-21(24)27/h3-13H,14-15H2,1-2H3,(H,30,33). The van der Waals surface area contributed by atoms with Crippen molar-refractivity contribution in [3.8, 4) is 5.75 Å². The maximum absolute atomic E-state index is 14.2. The Hall–Kier alpha value is -3.16. The fraction of sp³-hybridized carbons (Fsp3) is 0.154. The monoisotopic (exact) mass is 541 g/mol. The van der Waals surface area contributed by atoms with Crippen LogP contribution in [0.1, 0.15) is 32.9 Å². The largest absolute Gasteiger partial charge is 0.488 e. The lowest BCUT2D eigenvalue weighted by Gasteiger charge is -2.10. The molecule has 1 heterocycles. The molecule has 8 heteroatoms. The molecule has 0 spiro atoms. The van der Waals surface area contributed by atoms with Gasteiger partial charge in [0.25, 0.3) is 5.91 Å². The molecular weight excluding hydrogens is 521 g/mol. The summed E-state index contributed by atoms with van der Waals surface area (Å²) in [6.45, 7) is 4.17. The number of carbonyl (C=O) groups excluding carboxylic acids is 1. The van der Waals surface area contributed by atoms with Crippen LogP contribution in [-0.4, -0.2) is 15.7 Å². The molecule has 5 nitrogen and oxygen atoms in total. The van der Waals surface area contributed by atoms with Gasteiger partial charge in [-0.15, -0.1) is 0 Å².